The molecule has 4 nitrogen and oxygen atoms in total. The zero-order chi connectivity index (χ0) is 13.4. The third-order valence-electron chi connectivity index (χ3n) is 3.67. The minimum atomic E-state index is -0.432. The Bertz CT molecular complexity index is 536. The number of Topliss-reactive ketones (excluding diaryl/α,β-unsaturated/α-hetero) is 1. The van der Waals surface area contributed by atoms with E-state index >= 15 is 0 Å². The summed E-state index contributed by atoms with van der Waals surface area (Å²) >= 11 is 1.98. The number of benzene rings is 1. The van der Waals surface area contributed by atoms with Gasteiger partial charge in [0.25, 0.3) is 11.7 Å². The number of thioether (sulfide) groups is 1. The molecule has 0 aromatic heterocycles. The van der Waals surface area contributed by atoms with Gasteiger partial charge in [0.1, 0.15) is 0 Å². The van der Waals surface area contributed by atoms with Crippen LogP contribution in [0.5, 0.6) is 0 Å². The molecule has 1 amide bonds. The van der Waals surface area contributed by atoms with Gasteiger partial charge in [0.05, 0.1) is 11.3 Å². The number of anilines is 2. The molecule has 0 bridgehead atoms. The van der Waals surface area contributed by atoms with Crippen molar-refractivity contribution in [3.63, 3.8) is 0 Å². The molecular weight excluding hydrogens is 260 g/mol. The van der Waals surface area contributed by atoms with E-state index in [1.54, 1.807) is 13.1 Å². The summed E-state index contributed by atoms with van der Waals surface area (Å²) in [6, 6.07) is 5.71. The van der Waals surface area contributed by atoms with E-state index in [0.29, 0.717) is 5.56 Å². The first-order chi connectivity index (χ1) is 9.18. The van der Waals surface area contributed by atoms with Crippen LogP contribution in [-0.4, -0.2) is 43.3 Å². The zero-order valence-electron chi connectivity index (χ0n) is 10.9. The number of carbonyl (C=O) groups excluding carboxylic acids is 2. The Labute approximate surface area is 116 Å². The molecule has 1 aromatic carbocycles. The van der Waals surface area contributed by atoms with E-state index < -0.39 is 11.7 Å². The number of carbonyl (C=O) groups is 2. The summed E-state index contributed by atoms with van der Waals surface area (Å²) in [6.07, 6.45) is 1.18. The van der Waals surface area contributed by atoms with Gasteiger partial charge in [-0.25, -0.2) is 0 Å². The van der Waals surface area contributed by atoms with Crippen molar-refractivity contribution in [2.45, 2.75) is 6.42 Å². The number of hydrogen-bond acceptors (Lipinski definition) is 4. The molecule has 5 heteroatoms. The molecule has 100 valence electrons. The summed E-state index contributed by atoms with van der Waals surface area (Å²) in [4.78, 5) is 27.2. The quantitative estimate of drug-likeness (QED) is 0.733. The van der Waals surface area contributed by atoms with Crippen molar-refractivity contribution >= 4 is 34.8 Å². The average molecular weight is 276 g/mol. The van der Waals surface area contributed by atoms with E-state index in [4.69, 9.17) is 0 Å². The Morgan fingerprint density at radius 1 is 1.16 bits per heavy atom. The second-order valence-electron chi connectivity index (χ2n) is 4.85. The SMILES string of the molecule is CN1C(=O)C(=O)c2ccc(N3CCCSCC3)cc21. The molecule has 0 unspecified atom stereocenters. The van der Waals surface area contributed by atoms with E-state index in [9.17, 15) is 9.59 Å². The first-order valence-corrected chi connectivity index (χ1v) is 7.63. The van der Waals surface area contributed by atoms with Gasteiger partial charge >= 0.3 is 0 Å². The van der Waals surface area contributed by atoms with Crippen molar-refractivity contribution in [3.8, 4) is 0 Å². The fourth-order valence-corrected chi connectivity index (χ4v) is 3.45. The molecule has 0 N–H and O–H groups in total. The topological polar surface area (TPSA) is 40.6 Å². The van der Waals surface area contributed by atoms with E-state index in [-0.39, 0.29) is 0 Å². The van der Waals surface area contributed by atoms with Crippen LogP contribution < -0.4 is 9.80 Å². The number of ketones is 1. The third-order valence-corrected chi connectivity index (χ3v) is 4.72. The number of fused-ring (bicyclic) bond motifs is 1. The van der Waals surface area contributed by atoms with Crippen LogP contribution in [0, 0.1) is 0 Å². The van der Waals surface area contributed by atoms with Gasteiger partial charge in [-0.1, -0.05) is 0 Å². The molecule has 2 aliphatic rings. The van der Waals surface area contributed by atoms with Crippen LogP contribution in [0.25, 0.3) is 0 Å². The van der Waals surface area contributed by atoms with E-state index in [2.05, 4.69) is 4.90 Å². The second-order valence-corrected chi connectivity index (χ2v) is 6.07. The fourth-order valence-electron chi connectivity index (χ4n) is 2.57. The molecule has 0 saturated carbocycles. The van der Waals surface area contributed by atoms with Gasteiger partial charge in [-0.15, -0.1) is 0 Å². The van der Waals surface area contributed by atoms with Gasteiger partial charge in [-0.05, 0) is 30.4 Å². The second kappa shape index (κ2) is 4.89. The van der Waals surface area contributed by atoms with Gasteiger partial charge < -0.3 is 9.80 Å². The van der Waals surface area contributed by atoms with Crippen molar-refractivity contribution in [3.05, 3.63) is 23.8 Å². The highest BCUT2D eigenvalue weighted by molar-refractivity contribution is 7.99. The molecule has 1 aromatic rings. The highest BCUT2D eigenvalue weighted by Crippen LogP contribution is 2.32. The Morgan fingerprint density at radius 2 is 2.00 bits per heavy atom. The minimum Gasteiger partial charge on any atom is -0.371 e. The number of nitrogens with zero attached hydrogens (tertiary/aromatic N) is 2. The van der Waals surface area contributed by atoms with Crippen LogP contribution in [-0.2, 0) is 4.79 Å². The van der Waals surface area contributed by atoms with Gasteiger partial charge in [0, 0.05) is 31.6 Å². The maximum atomic E-state index is 11.7. The minimum absolute atomic E-state index is 0.393. The average Bonchev–Trinajstić information content (AvgIpc) is 2.68. The van der Waals surface area contributed by atoms with Crippen LogP contribution in [0.3, 0.4) is 0 Å². The third kappa shape index (κ3) is 2.12. The molecule has 0 aliphatic carbocycles. The van der Waals surface area contributed by atoms with Crippen molar-refractivity contribution in [2.24, 2.45) is 0 Å². The predicted octanol–water partition coefficient (Wildman–Crippen LogP) is 1.79. The van der Waals surface area contributed by atoms with Crippen LogP contribution in [0.2, 0.25) is 0 Å². The van der Waals surface area contributed by atoms with Gasteiger partial charge in [-0.3, -0.25) is 9.59 Å². The maximum Gasteiger partial charge on any atom is 0.299 e. The van der Waals surface area contributed by atoms with Crippen molar-refractivity contribution < 1.29 is 9.59 Å². The summed E-state index contributed by atoms with van der Waals surface area (Å²) in [5, 5.41) is 0. The smallest absolute Gasteiger partial charge is 0.299 e. The molecular formula is C14H16N2O2S. The lowest BCUT2D eigenvalue weighted by Crippen LogP contribution is -2.26. The Morgan fingerprint density at radius 3 is 2.84 bits per heavy atom. The zero-order valence-corrected chi connectivity index (χ0v) is 11.7. The number of amides is 1. The summed E-state index contributed by atoms with van der Waals surface area (Å²) in [6.45, 7) is 2.06. The van der Waals surface area contributed by atoms with Crippen LogP contribution in [0.1, 0.15) is 16.8 Å². The normalized spacial score (nSPS) is 19.6. The monoisotopic (exact) mass is 276 g/mol. The van der Waals surface area contributed by atoms with Crippen molar-refractivity contribution in [1.82, 2.24) is 0 Å². The molecule has 3 rings (SSSR count). The summed E-state index contributed by atoms with van der Waals surface area (Å²) in [5.74, 6) is 1.51. The number of rotatable bonds is 1. The van der Waals surface area contributed by atoms with Crippen LogP contribution >= 0.6 is 11.8 Å². The first kappa shape index (κ1) is 12.5. The lowest BCUT2D eigenvalue weighted by Gasteiger charge is -2.23. The maximum absolute atomic E-state index is 11.7. The molecule has 1 fully saturated rings. The van der Waals surface area contributed by atoms with Gasteiger partial charge in [0.2, 0.25) is 0 Å². The number of hydrogen-bond donors (Lipinski definition) is 0. The van der Waals surface area contributed by atoms with Crippen LogP contribution in [0.4, 0.5) is 11.4 Å². The largest absolute Gasteiger partial charge is 0.371 e. The fraction of sp³-hybridized carbons (Fsp3) is 0.429. The molecule has 0 radical (unpaired) electrons. The van der Waals surface area contributed by atoms with Gasteiger partial charge in [-0.2, -0.15) is 11.8 Å². The standard InChI is InChI=1S/C14H16N2O2S/c1-15-12-9-10(16-5-2-7-19-8-6-16)3-4-11(12)13(17)14(15)18/h3-4,9H,2,5-8H2,1H3. The highest BCUT2D eigenvalue weighted by Gasteiger charge is 2.33. The van der Waals surface area contributed by atoms with Crippen molar-refractivity contribution in [2.75, 3.05) is 41.4 Å². The van der Waals surface area contributed by atoms with E-state index in [1.807, 2.05) is 23.9 Å². The molecule has 19 heavy (non-hydrogen) atoms. The van der Waals surface area contributed by atoms with E-state index in [0.717, 1.165) is 30.2 Å². The highest BCUT2D eigenvalue weighted by atomic mass is 32.2. The lowest BCUT2D eigenvalue weighted by molar-refractivity contribution is -0.114. The van der Waals surface area contributed by atoms with Crippen LogP contribution in [0.15, 0.2) is 18.2 Å². The Kier molecular flexibility index (Phi) is 3.22. The lowest BCUT2D eigenvalue weighted by atomic mass is 10.1. The summed E-state index contributed by atoms with van der Waals surface area (Å²) < 4.78 is 0. The molecule has 0 atom stereocenters. The number of likely N-dealkylation sites (N-methyl/N-ethyl adjacent to an activating group) is 1. The molecule has 0 spiro atoms. The molecule has 2 aliphatic heterocycles. The summed E-state index contributed by atoms with van der Waals surface area (Å²) in [5.41, 5.74) is 2.38. The van der Waals surface area contributed by atoms with E-state index in [1.165, 1.54) is 17.1 Å². The predicted molar refractivity (Wildman–Crippen MR) is 78.3 cm³/mol. The summed E-state index contributed by atoms with van der Waals surface area (Å²) in [7, 11) is 1.66. The van der Waals surface area contributed by atoms with Gasteiger partial charge in [0.15, 0.2) is 0 Å². The Balaban J connectivity index is 1.93. The Hall–Kier alpha value is -1.49. The molecule has 1 saturated heterocycles. The molecule has 2 heterocycles. The van der Waals surface area contributed by atoms with Crippen molar-refractivity contribution in [1.29, 1.82) is 0 Å². The first-order valence-electron chi connectivity index (χ1n) is 6.47.